The fourth-order valence-electron chi connectivity index (χ4n) is 3.10. The molecule has 1 N–H and O–H groups in total. The van der Waals surface area contributed by atoms with E-state index in [0.29, 0.717) is 11.0 Å². The number of rotatable bonds is 6. The van der Waals surface area contributed by atoms with Gasteiger partial charge >= 0.3 is 18.7 Å². The zero-order valence-electron chi connectivity index (χ0n) is 14.9. The summed E-state index contributed by atoms with van der Waals surface area (Å²) in [5.74, 6) is -0.944. The lowest BCUT2D eigenvalue weighted by atomic mass is 10.1. The van der Waals surface area contributed by atoms with E-state index in [1.54, 1.807) is 26.8 Å². The van der Waals surface area contributed by atoms with Crippen LogP contribution in [0.15, 0.2) is 46.0 Å². The number of H-pyrrole nitrogens is 1. The Morgan fingerprint density at radius 3 is 2.38 bits per heavy atom. The molecule has 26 heavy (non-hydrogen) atoms. The van der Waals surface area contributed by atoms with Gasteiger partial charge in [0.2, 0.25) is 0 Å². The van der Waals surface area contributed by atoms with Gasteiger partial charge in [-0.25, -0.2) is 0 Å². The minimum absolute atomic E-state index is 0.167. The molecule has 0 spiro atoms. The molecule has 0 fully saturated rings. The van der Waals surface area contributed by atoms with E-state index in [1.165, 1.54) is 4.57 Å². The second-order valence-corrected chi connectivity index (χ2v) is 8.16. The number of benzene rings is 2. The number of hydrogen-bond acceptors (Lipinski definition) is 5. The molecule has 3 aromatic rings. The topological polar surface area (TPSA) is 90.4 Å². The number of fused-ring (bicyclic) bond motifs is 3. The van der Waals surface area contributed by atoms with E-state index >= 15 is 0 Å². The number of nitrogens with one attached hydrogen (secondary N) is 1. The smallest absolute Gasteiger partial charge is 0.315 e. The molecule has 7 nitrogen and oxygen atoms in total. The van der Waals surface area contributed by atoms with E-state index in [9.17, 15) is 14.2 Å². The van der Waals surface area contributed by atoms with Crippen molar-refractivity contribution >= 4 is 29.4 Å². The van der Waals surface area contributed by atoms with Gasteiger partial charge in [0.05, 0.1) is 24.2 Å². The zero-order valence-corrected chi connectivity index (χ0v) is 15.8. The molecule has 0 saturated heterocycles. The molecule has 1 heterocycles. The van der Waals surface area contributed by atoms with E-state index in [2.05, 4.69) is 4.98 Å². The SMILES string of the molecule is CCOP(=O)(OCC)C(C)n1c(=O)c(=O)[nH]c2c3ccccc3ccc21. The van der Waals surface area contributed by atoms with Gasteiger partial charge in [-0.1, -0.05) is 30.3 Å². The maximum absolute atomic E-state index is 13.2. The Kier molecular flexibility index (Phi) is 5.14. The van der Waals surface area contributed by atoms with Gasteiger partial charge in [0.15, 0.2) is 0 Å². The molecule has 0 radical (unpaired) electrons. The lowest BCUT2D eigenvalue weighted by Gasteiger charge is -2.26. The largest absolute Gasteiger partial charge is 0.353 e. The van der Waals surface area contributed by atoms with Gasteiger partial charge in [-0.15, -0.1) is 0 Å². The van der Waals surface area contributed by atoms with Gasteiger partial charge in [-0.3, -0.25) is 18.7 Å². The second-order valence-electron chi connectivity index (χ2n) is 5.82. The molecule has 8 heteroatoms. The van der Waals surface area contributed by atoms with E-state index in [-0.39, 0.29) is 13.2 Å². The predicted molar refractivity (Wildman–Crippen MR) is 102 cm³/mol. The van der Waals surface area contributed by atoms with Crippen molar-refractivity contribution in [2.45, 2.75) is 26.6 Å². The van der Waals surface area contributed by atoms with Crippen LogP contribution in [0.25, 0.3) is 21.8 Å². The highest BCUT2D eigenvalue weighted by Crippen LogP contribution is 2.58. The molecule has 3 rings (SSSR count). The molecular formula is C18H21N2O5P. The molecule has 0 amide bonds. The first-order valence-corrected chi connectivity index (χ1v) is 10.1. The highest BCUT2D eigenvalue weighted by Gasteiger charge is 2.35. The van der Waals surface area contributed by atoms with Crippen LogP contribution in [0.1, 0.15) is 26.6 Å². The number of hydrogen-bond donors (Lipinski definition) is 1. The van der Waals surface area contributed by atoms with Crippen LogP contribution in [-0.4, -0.2) is 22.8 Å². The highest BCUT2D eigenvalue weighted by atomic mass is 31.2. The molecule has 0 aliphatic rings. The van der Waals surface area contributed by atoms with Gasteiger partial charge in [0.25, 0.3) is 0 Å². The van der Waals surface area contributed by atoms with Gasteiger partial charge in [0, 0.05) is 5.39 Å². The van der Waals surface area contributed by atoms with Crippen LogP contribution in [0.2, 0.25) is 0 Å². The van der Waals surface area contributed by atoms with E-state index in [0.717, 1.165) is 10.8 Å². The Labute approximate surface area is 150 Å². The van der Waals surface area contributed by atoms with Crippen molar-refractivity contribution in [1.82, 2.24) is 9.55 Å². The third-order valence-corrected chi connectivity index (χ3v) is 6.65. The van der Waals surface area contributed by atoms with E-state index in [1.807, 2.05) is 30.3 Å². The third-order valence-electron chi connectivity index (χ3n) is 4.27. The van der Waals surface area contributed by atoms with Crippen LogP contribution in [0, 0.1) is 0 Å². The molecule has 0 saturated carbocycles. The van der Waals surface area contributed by atoms with Crippen LogP contribution < -0.4 is 11.1 Å². The standard InChI is InChI=1S/C18H21N2O5P/c1-4-24-26(23,25-5-2)12(3)20-15-11-10-13-8-6-7-9-14(13)16(15)19-17(21)18(20)22/h6-12H,4-5H2,1-3H3,(H,19,21). The number of nitrogens with zero attached hydrogens (tertiary/aromatic N) is 1. The first kappa shape index (κ1) is 18.6. The average molecular weight is 376 g/mol. The molecule has 1 unspecified atom stereocenters. The fourth-order valence-corrected chi connectivity index (χ4v) is 4.84. The molecule has 2 aromatic carbocycles. The van der Waals surface area contributed by atoms with Crippen molar-refractivity contribution in [2.24, 2.45) is 0 Å². The minimum Gasteiger partial charge on any atom is -0.315 e. The van der Waals surface area contributed by atoms with Gasteiger partial charge in [-0.05, 0) is 32.2 Å². The van der Waals surface area contributed by atoms with Crippen molar-refractivity contribution in [1.29, 1.82) is 0 Å². The average Bonchev–Trinajstić information content (AvgIpc) is 2.63. The summed E-state index contributed by atoms with van der Waals surface area (Å²) in [6.45, 7) is 5.30. The van der Waals surface area contributed by atoms with Crippen molar-refractivity contribution in [2.75, 3.05) is 13.2 Å². The summed E-state index contributed by atoms with van der Waals surface area (Å²) >= 11 is 0. The molecular weight excluding hydrogens is 355 g/mol. The molecule has 0 aliphatic heterocycles. The fraction of sp³-hybridized carbons (Fsp3) is 0.333. The Hall–Kier alpha value is -2.21. The van der Waals surface area contributed by atoms with Crippen molar-refractivity contribution < 1.29 is 13.6 Å². The normalized spacial score (nSPS) is 13.3. The highest BCUT2D eigenvalue weighted by molar-refractivity contribution is 7.53. The third kappa shape index (κ3) is 3.03. The summed E-state index contributed by atoms with van der Waals surface area (Å²) < 4.78 is 25.1. The van der Waals surface area contributed by atoms with Crippen LogP contribution >= 0.6 is 7.60 Å². The van der Waals surface area contributed by atoms with Gasteiger partial charge < -0.3 is 14.0 Å². The van der Waals surface area contributed by atoms with Crippen LogP contribution in [0.4, 0.5) is 0 Å². The van der Waals surface area contributed by atoms with Crippen molar-refractivity contribution in [3.63, 3.8) is 0 Å². The predicted octanol–water partition coefficient (Wildman–Crippen LogP) is 3.63. The molecule has 0 bridgehead atoms. The lowest BCUT2D eigenvalue weighted by molar-refractivity contribution is 0.206. The maximum Gasteiger partial charge on any atom is 0.353 e. The molecule has 0 aliphatic carbocycles. The Bertz CT molecular complexity index is 1110. The Morgan fingerprint density at radius 2 is 1.73 bits per heavy atom. The zero-order chi connectivity index (χ0) is 18.9. The first-order valence-electron chi connectivity index (χ1n) is 8.48. The summed E-state index contributed by atoms with van der Waals surface area (Å²) in [6, 6.07) is 11.1. The van der Waals surface area contributed by atoms with Crippen molar-refractivity contribution in [3.05, 3.63) is 57.1 Å². The van der Waals surface area contributed by atoms with E-state index < -0.39 is 24.5 Å². The number of aromatic nitrogens is 2. The summed E-state index contributed by atoms with van der Waals surface area (Å²) in [4.78, 5) is 27.5. The van der Waals surface area contributed by atoms with Gasteiger partial charge in [-0.2, -0.15) is 0 Å². The molecule has 138 valence electrons. The monoisotopic (exact) mass is 376 g/mol. The van der Waals surface area contributed by atoms with E-state index in [4.69, 9.17) is 9.05 Å². The lowest BCUT2D eigenvalue weighted by Crippen LogP contribution is -2.38. The Morgan fingerprint density at radius 1 is 1.08 bits per heavy atom. The van der Waals surface area contributed by atoms with Gasteiger partial charge in [0.1, 0.15) is 5.78 Å². The van der Waals surface area contributed by atoms with Crippen LogP contribution in [-0.2, 0) is 13.6 Å². The Balaban J connectivity index is 2.36. The summed E-state index contributed by atoms with van der Waals surface area (Å²) in [6.07, 6.45) is 0. The number of aromatic amines is 1. The second kappa shape index (κ2) is 7.19. The van der Waals surface area contributed by atoms with Crippen LogP contribution in [0.5, 0.6) is 0 Å². The maximum atomic E-state index is 13.2. The first-order chi connectivity index (χ1) is 12.4. The van der Waals surface area contributed by atoms with Crippen LogP contribution in [0.3, 0.4) is 0 Å². The summed E-state index contributed by atoms with van der Waals surface area (Å²) in [5, 5.41) is 1.72. The summed E-state index contributed by atoms with van der Waals surface area (Å²) in [5.41, 5.74) is -0.584. The minimum atomic E-state index is -3.63. The summed E-state index contributed by atoms with van der Waals surface area (Å²) in [7, 11) is -3.63. The van der Waals surface area contributed by atoms with Crippen molar-refractivity contribution in [3.8, 4) is 0 Å². The quantitative estimate of drug-likeness (QED) is 0.403. The molecule has 1 atom stereocenters. The molecule has 1 aromatic heterocycles.